The Kier molecular flexibility index (Phi) is 25.2. The van der Waals surface area contributed by atoms with E-state index in [1.807, 2.05) is 48.6 Å². The maximum absolute atomic E-state index is 13.8. The quantitative estimate of drug-likeness (QED) is 0.0288. The summed E-state index contributed by atoms with van der Waals surface area (Å²) in [5, 5.41) is 0. The van der Waals surface area contributed by atoms with Crippen molar-refractivity contribution in [3.63, 3.8) is 0 Å². The fourth-order valence-electron chi connectivity index (χ4n) is 12.2. The van der Waals surface area contributed by atoms with Crippen molar-refractivity contribution in [3.05, 3.63) is 144 Å². The maximum Gasteiger partial charge on any atom is 2.00 e. The zero-order valence-corrected chi connectivity index (χ0v) is 59.0. The van der Waals surface area contributed by atoms with Crippen molar-refractivity contribution in [2.24, 2.45) is 23.7 Å². The molecule has 1 radical (unpaired) electrons. The third-order valence-corrected chi connectivity index (χ3v) is 24.3. The van der Waals surface area contributed by atoms with E-state index < -0.39 is 40.1 Å². The Balaban J connectivity index is 0.0000111. The van der Waals surface area contributed by atoms with Crippen molar-refractivity contribution in [1.82, 2.24) is 38.8 Å². The third kappa shape index (κ3) is 17.4. The van der Waals surface area contributed by atoms with Gasteiger partial charge in [-0.2, -0.15) is 0 Å². The Morgan fingerprint density at radius 2 is 0.484 bits per heavy atom. The van der Waals surface area contributed by atoms with E-state index in [1.165, 1.54) is 0 Å². The van der Waals surface area contributed by atoms with Crippen molar-refractivity contribution in [2.45, 2.75) is 152 Å². The summed E-state index contributed by atoms with van der Waals surface area (Å²) < 4.78 is 121. The Morgan fingerprint density at radius 1 is 0.301 bits per heavy atom. The average Bonchev–Trinajstić information content (AvgIpc) is 1.65. The first kappa shape index (κ1) is 72.5. The van der Waals surface area contributed by atoms with E-state index in [0.29, 0.717) is 139 Å². The minimum Gasteiger partial charge on any atom is -0.657 e. The van der Waals surface area contributed by atoms with Crippen molar-refractivity contribution in [2.75, 3.05) is 26.2 Å². The molecule has 495 valence electrons. The van der Waals surface area contributed by atoms with Gasteiger partial charge in [0, 0.05) is 26.2 Å². The van der Waals surface area contributed by atoms with Gasteiger partial charge in [-0.3, -0.25) is 0 Å². The Bertz CT molecular complexity index is 3850. The minimum atomic E-state index is -3.88. The number of fused-ring (bicyclic) bond motifs is 8. The number of hydrogen-bond donors (Lipinski definition) is 4. The summed E-state index contributed by atoms with van der Waals surface area (Å²) in [6.45, 7) is 18.1. The zero-order valence-electron chi connectivity index (χ0n) is 54.5. The maximum atomic E-state index is 13.8. The molecule has 0 spiro atoms. The van der Waals surface area contributed by atoms with E-state index in [0.717, 1.165) is 77.0 Å². The molecule has 5 heterocycles. The number of benzene rings is 4. The van der Waals surface area contributed by atoms with Gasteiger partial charge in [0.15, 0.2) is 0 Å². The summed E-state index contributed by atoms with van der Waals surface area (Å²) in [5.74, 6) is 1.60. The summed E-state index contributed by atoms with van der Waals surface area (Å²) in [6.07, 6.45) is 18.0. The molecule has 93 heavy (non-hydrogen) atoms. The third-order valence-electron chi connectivity index (χ3n) is 18.4. The number of rotatable bonds is 32. The molecule has 4 N–H and O–H groups in total. The SMILES string of the molecule is CCC(CC)CCNS(=O)(=O)c1ccc(-c2c3nc(c(-c4ccc(S(=O)(=O)NCCC(CC)CC)cc4)c4ccc([n-]4)c(-c4ccc(S(=O)(=O)NCCC(CC)CC)cc4)c4nc(c(-c5ccc(S(=O)(=O)NCCC(CC)CC)cc5)c5ccc2[n-]5)C=C4)C=C3)cc1.[Mn+2]. The predicted octanol–water partition coefficient (Wildman–Crippen LogP) is 15.0. The van der Waals surface area contributed by atoms with Crippen molar-refractivity contribution in [3.8, 4) is 44.5 Å². The van der Waals surface area contributed by atoms with E-state index in [-0.39, 0.29) is 36.7 Å². The first-order chi connectivity index (χ1) is 44.2. The monoisotopic (exact) mass is 1380 g/mol. The van der Waals surface area contributed by atoms with Gasteiger partial charge in [-0.1, -0.05) is 180 Å². The van der Waals surface area contributed by atoms with Crippen LogP contribution in [0.4, 0.5) is 0 Å². The molecule has 0 atom stereocenters. The van der Waals surface area contributed by atoms with Crippen molar-refractivity contribution in [1.29, 1.82) is 0 Å². The van der Waals surface area contributed by atoms with Crippen LogP contribution in [0.25, 0.3) is 90.9 Å². The molecule has 0 unspecified atom stereocenters. The van der Waals surface area contributed by atoms with Gasteiger partial charge in [0.05, 0.1) is 42.4 Å². The summed E-state index contributed by atoms with van der Waals surface area (Å²) in [5.41, 5.74) is 8.76. The molecule has 0 saturated carbocycles. The van der Waals surface area contributed by atoms with Crippen LogP contribution in [0, 0.1) is 23.7 Å². The van der Waals surface area contributed by atoms with Gasteiger partial charge >= 0.3 is 17.1 Å². The fourth-order valence-corrected chi connectivity index (χ4v) is 16.4. The van der Waals surface area contributed by atoms with Gasteiger partial charge in [0.25, 0.3) is 0 Å². The molecular formula is C72H88MnN8O8S4. The normalized spacial score (nSPS) is 12.9. The molecule has 3 aromatic heterocycles. The van der Waals surface area contributed by atoms with Crippen LogP contribution in [0.5, 0.6) is 0 Å². The largest absolute Gasteiger partial charge is 2.00 e. The predicted molar refractivity (Wildman–Crippen MR) is 374 cm³/mol. The van der Waals surface area contributed by atoms with Crippen LogP contribution in [-0.4, -0.2) is 69.8 Å². The van der Waals surface area contributed by atoms with E-state index in [1.54, 1.807) is 97.1 Å². The first-order valence-corrected chi connectivity index (χ1v) is 38.6. The molecule has 0 aliphatic carbocycles. The molecule has 4 aromatic carbocycles. The van der Waals surface area contributed by atoms with Crippen LogP contribution in [0.1, 0.15) is 155 Å². The van der Waals surface area contributed by atoms with Gasteiger partial charge in [-0.15, -0.1) is 22.1 Å². The van der Waals surface area contributed by atoms with E-state index in [9.17, 15) is 33.7 Å². The van der Waals surface area contributed by atoms with Gasteiger partial charge in [-0.05, 0) is 167 Å². The molecule has 0 amide bonds. The van der Waals surface area contributed by atoms with Crippen LogP contribution < -0.4 is 28.9 Å². The van der Waals surface area contributed by atoms with Crippen LogP contribution >= 0.6 is 0 Å². The summed E-state index contributed by atoms with van der Waals surface area (Å²) in [6, 6.07) is 34.1. The van der Waals surface area contributed by atoms with Crippen molar-refractivity contribution < 1.29 is 50.7 Å². The molecule has 16 nitrogen and oxygen atoms in total. The van der Waals surface area contributed by atoms with Gasteiger partial charge < -0.3 is 9.97 Å². The van der Waals surface area contributed by atoms with Crippen molar-refractivity contribution >= 4 is 86.5 Å². The van der Waals surface area contributed by atoms with Gasteiger partial charge in [0.2, 0.25) is 40.1 Å². The molecule has 8 bridgehead atoms. The van der Waals surface area contributed by atoms with Crippen LogP contribution in [0.3, 0.4) is 0 Å². The number of hydrogen-bond acceptors (Lipinski definition) is 10. The fraction of sp³-hybridized carbons (Fsp3) is 0.389. The Labute approximate surface area is 562 Å². The molecule has 0 fully saturated rings. The Hall–Kier alpha value is -6.36. The molecule has 2 aliphatic heterocycles. The molecular weight excluding hydrogens is 1290 g/mol. The molecule has 7 aromatic rings. The first-order valence-electron chi connectivity index (χ1n) is 32.7. The van der Waals surface area contributed by atoms with Crippen LogP contribution in [-0.2, 0) is 57.2 Å². The minimum absolute atomic E-state index is 0. The Morgan fingerprint density at radius 3 is 0.656 bits per heavy atom. The summed E-state index contributed by atoms with van der Waals surface area (Å²) in [4.78, 5) is 21.8. The number of aromatic nitrogens is 4. The number of nitrogens with zero attached hydrogens (tertiary/aromatic N) is 4. The van der Waals surface area contributed by atoms with E-state index in [2.05, 4.69) is 74.3 Å². The molecule has 2 aliphatic rings. The molecule has 21 heteroatoms. The molecule has 0 saturated heterocycles. The summed E-state index contributed by atoms with van der Waals surface area (Å²) in [7, 11) is -15.5. The number of nitrogens with one attached hydrogen (secondary N) is 4. The summed E-state index contributed by atoms with van der Waals surface area (Å²) >= 11 is 0. The standard InChI is InChI=1S/C72H88N8O8S4.Mn/c1-9-49(10-2)41-45-73-89(81,82)57-25-17-53(18-26-57)69-61-33-35-63(77-61)70(54-19-27-58(28-20-54)90(83,84)74-46-42-50(11-3)12-4)65-37-39-67(79-65)72(56-23-31-60(32-24-56)92(87,88)76-48-44-52(15-7)16-8)68-40-38-66(80-68)71(64-36-34-62(69)78-64)55-21-29-59(30-22-55)91(85,86)75-47-43-51(13-5)14-6;/h17-40,49-52,73-76H,9-16,41-48H2,1-8H3;/q-2;+2. The second-order valence-corrected chi connectivity index (χ2v) is 31.0. The van der Waals surface area contributed by atoms with Crippen LogP contribution in [0.2, 0.25) is 0 Å². The van der Waals surface area contributed by atoms with E-state index >= 15 is 0 Å². The smallest absolute Gasteiger partial charge is 0.657 e. The second kappa shape index (κ2) is 32.4. The zero-order chi connectivity index (χ0) is 65.8. The average molecular weight is 1380 g/mol. The molecule has 9 rings (SSSR count). The number of sulfonamides is 4. The topological polar surface area (TPSA) is 239 Å². The van der Waals surface area contributed by atoms with E-state index in [4.69, 9.17) is 19.9 Å². The van der Waals surface area contributed by atoms with Gasteiger partial charge in [0.1, 0.15) is 0 Å². The van der Waals surface area contributed by atoms with Gasteiger partial charge in [-0.25, -0.2) is 62.5 Å². The second-order valence-electron chi connectivity index (χ2n) is 23.9. The van der Waals surface area contributed by atoms with Crippen LogP contribution in [0.15, 0.2) is 141 Å².